The van der Waals surface area contributed by atoms with Crippen LogP contribution in [0, 0.1) is 0 Å². The third kappa shape index (κ3) is 3.30. The summed E-state index contributed by atoms with van der Waals surface area (Å²) < 4.78 is 0. The molecule has 0 aliphatic heterocycles. The summed E-state index contributed by atoms with van der Waals surface area (Å²) >= 11 is 7.66. The number of hydrogen-bond acceptors (Lipinski definition) is 5. The molecule has 1 aliphatic carbocycles. The van der Waals surface area contributed by atoms with Gasteiger partial charge in [0.15, 0.2) is 0 Å². The lowest BCUT2D eigenvalue weighted by Crippen LogP contribution is -2.39. The molecule has 1 fully saturated rings. The van der Waals surface area contributed by atoms with Gasteiger partial charge in [0.25, 0.3) is 0 Å². The van der Waals surface area contributed by atoms with Gasteiger partial charge in [0, 0.05) is 11.4 Å². The van der Waals surface area contributed by atoms with Gasteiger partial charge in [-0.1, -0.05) is 26.2 Å². The van der Waals surface area contributed by atoms with Crippen LogP contribution in [0.5, 0.6) is 0 Å². The molecule has 0 amide bonds. The van der Waals surface area contributed by atoms with Crippen LogP contribution in [0.25, 0.3) is 10.2 Å². The summed E-state index contributed by atoms with van der Waals surface area (Å²) in [5, 5.41) is 15.1. The fourth-order valence-electron chi connectivity index (χ4n) is 2.89. The molecule has 0 saturated heterocycles. The summed E-state index contributed by atoms with van der Waals surface area (Å²) in [6.45, 7) is 2.64. The fourth-order valence-corrected chi connectivity index (χ4v) is 4.08. The molecular weight excluding hydrogens is 306 g/mol. The Hall–Kier alpha value is -0.910. The Morgan fingerprint density at radius 1 is 1.33 bits per heavy atom. The van der Waals surface area contributed by atoms with Gasteiger partial charge in [-0.3, -0.25) is 0 Å². The van der Waals surface area contributed by atoms with Gasteiger partial charge >= 0.3 is 0 Å². The topological polar surface area (TPSA) is 58.0 Å². The molecule has 2 N–H and O–H groups in total. The van der Waals surface area contributed by atoms with Crippen LogP contribution >= 0.6 is 22.9 Å². The van der Waals surface area contributed by atoms with E-state index in [1.165, 1.54) is 11.3 Å². The lowest BCUT2D eigenvalue weighted by atomic mass is 9.85. The van der Waals surface area contributed by atoms with E-state index in [9.17, 15) is 5.11 Å². The molecule has 2 aromatic heterocycles. The van der Waals surface area contributed by atoms with E-state index < -0.39 is 5.60 Å². The second-order valence-corrected chi connectivity index (χ2v) is 7.22. The maximum Gasteiger partial charge on any atom is 0.225 e. The molecule has 114 valence electrons. The van der Waals surface area contributed by atoms with Crippen LogP contribution < -0.4 is 5.32 Å². The molecule has 0 atom stereocenters. The van der Waals surface area contributed by atoms with Gasteiger partial charge in [-0.2, -0.15) is 0 Å². The smallest absolute Gasteiger partial charge is 0.225 e. The molecule has 6 heteroatoms. The zero-order valence-corrected chi connectivity index (χ0v) is 13.7. The summed E-state index contributed by atoms with van der Waals surface area (Å²) in [5.41, 5.74) is -0.619. The fraction of sp³-hybridized carbons (Fsp3) is 0.600. The van der Waals surface area contributed by atoms with Crippen LogP contribution in [0.15, 0.2) is 6.07 Å². The number of thiophene rings is 1. The number of nitrogens with zero attached hydrogens (tertiary/aromatic N) is 2. The molecule has 0 aromatic carbocycles. The summed E-state index contributed by atoms with van der Waals surface area (Å²) in [4.78, 5) is 10.8. The van der Waals surface area contributed by atoms with Crippen molar-refractivity contribution in [3.8, 4) is 0 Å². The largest absolute Gasteiger partial charge is 0.388 e. The highest BCUT2D eigenvalue weighted by atomic mass is 35.5. The van der Waals surface area contributed by atoms with E-state index in [1.54, 1.807) is 11.3 Å². The average Bonchev–Trinajstić information content (AvgIpc) is 2.88. The molecular formula is C15H20ClN3OS. The van der Waals surface area contributed by atoms with E-state index in [0.29, 0.717) is 6.54 Å². The molecule has 1 saturated carbocycles. The molecule has 4 nitrogen and oxygen atoms in total. The summed E-state index contributed by atoms with van der Waals surface area (Å²) in [5.74, 6) is 0.736. The van der Waals surface area contributed by atoms with Crippen molar-refractivity contribution in [1.29, 1.82) is 0 Å². The molecule has 1 aliphatic rings. The minimum atomic E-state index is -0.619. The van der Waals surface area contributed by atoms with E-state index >= 15 is 0 Å². The minimum Gasteiger partial charge on any atom is -0.388 e. The predicted molar refractivity (Wildman–Crippen MR) is 88.3 cm³/mol. The van der Waals surface area contributed by atoms with Crippen molar-refractivity contribution in [2.24, 2.45) is 0 Å². The molecule has 2 heterocycles. The van der Waals surface area contributed by atoms with Crippen molar-refractivity contribution < 1.29 is 5.11 Å². The van der Waals surface area contributed by atoms with E-state index in [0.717, 1.165) is 48.1 Å². The number of hydrogen-bond donors (Lipinski definition) is 2. The van der Waals surface area contributed by atoms with Crippen LogP contribution in [-0.4, -0.2) is 27.2 Å². The standard InChI is InChI=1S/C15H20ClN3OS/c1-2-10-8-11-12(18-14(16)19-13(11)21-10)17-9-15(20)6-4-3-5-7-15/h8,20H,2-7,9H2,1H3,(H,17,18,19). The first-order chi connectivity index (χ1) is 10.1. The van der Waals surface area contributed by atoms with Crippen molar-refractivity contribution in [2.45, 2.75) is 51.0 Å². The third-order valence-corrected chi connectivity index (χ3v) is 5.48. The number of fused-ring (bicyclic) bond motifs is 1. The Morgan fingerprint density at radius 2 is 2.10 bits per heavy atom. The van der Waals surface area contributed by atoms with Crippen LogP contribution in [-0.2, 0) is 6.42 Å². The molecule has 0 bridgehead atoms. The maximum absolute atomic E-state index is 10.6. The molecule has 0 unspecified atom stereocenters. The van der Waals surface area contributed by atoms with Gasteiger partial charge in [-0.25, -0.2) is 9.97 Å². The van der Waals surface area contributed by atoms with Gasteiger partial charge in [0.2, 0.25) is 5.28 Å². The van der Waals surface area contributed by atoms with Crippen molar-refractivity contribution in [3.05, 3.63) is 16.2 Å². The van der Waals surface area contributed by atoms with Gasteiger partial charge in [-0.15, -0.1) is 11.3 Å². The minimum absolute atomic E-state index is 0.255. The Labute approximate surface area is 133 Å². The van der Waals surface area contributed by atoms with E-state index in [2.05, 4.69) is 28.3 Å². The van der Waals surface area contributed by atoms with Crippen molar-refractivity contribution in [2.75, 3.05) is 11.9 Å². The summed E-state index contributed by atoms with van der Waals surface area (Å²) in [6.07, 6.45) is 6.09. The number of aryl methyl sites for hydroxylation is 1. The molecule has 3 rings (SSSR count). The number of rotatable bonds is 4. The Kier molecular flexibility index (Phi) is 4.33. The van der Waals surface area contributed by atoms with Crippen LogP contribution in [0.3, 0.4) is 0 Å². The lowest BCUT2D eigenvalue weighted by Gasteiger charge is -2.32. The number of nitrogens with one attached hydrogen (secondary N) is 1. The van der Waals surface area contributed by atoms with E-state index in [4.69, 9.17) is 11.6 Å². The Morgan fingerprint density at radius 3 is 2.81 bits per heavy atom. The van der Waals surface area contributed by atoms with Crippen LogP contribution in [0.1, 0.15) is 43.9 Å². The quantitative estimate of drug-likeness (QED) is 0.834. The summed E-state index contributed by atoms with van der Waals surface area (Å²) in [7, 11) is 0. The van der Waals surface area contributed by atoms with Gasteiger partial charge in [0.1, 0.15) is 10.6 Å². The van der Waals surface area contributed by atoms with E-state index in [1.807, 2.05) is 0 Å². The molecule has 0 radical (unpaired) electrons. The predicted octanol–water partition coefficient (Wildman–Crippen LogP) is 4.01. The SMILES string of the molecule is CCc1cc2c(NCC3(O)CCCCC3)nc(Cl)nc2s1. The highest BCUT2D eigenvalue weighted by molar-refractivity contribution is 7.18. The van der Waals surface area contributed by atoms with Crippen molar-refractivity contribution in [1.82, 2.24) is 9.97 Å². The van der Waals surface area contributed by atoms with Gasteiger partial charge in [-0.05, 0) is 36.9 Å². The lowest BCUT2D eigenvalue weighted by molar-refractivity contribution is 0.0167. The average molecular weight is 326 g/mol. The number of aromatic nitrogens is 2. The normalized spacial score (nSPS) is 18.0. The number of anilines is 1. The molecule has 0 spiro atoms. The Bertz CT molecular complexity index is 637. The maximum atomic E-state index is 10.6. The highest BCUT2D eigenvalue weighted by Crippen LogP contribution is 2.32. The zero-order valence-electron chi connectivity index (χ0n) is 12.2. The van der Waals surface area contributed by atoms with Crippen LogP contribution in [0.2, 0.25) is 5.28 Å². The number of halogens is 1. The zero-order chi connectivity index (χ0) is 14.9. The van der Waals surface area contributed by atoms with Crippen LogP contribution in [0.4, 0.5) is 5.82 Å². The first-order valence-electron chi connectivity index (χ1n) is 7.52. The second kappa shape index (κ2) is 6.07. The Balaban J connectivity index is 1.84. The van der Waals surface area contributed by atoms with E-state index in [-0.39, 0.29) is 5.28 Å². The molecule has 2 aromatic rings. The number of aliphatic hydroxyl groups is 1. The highest BCUT2D eigenvalue weighted by Gasteiger charge is 2.29. The monoisotopic (exact) mass is 325 g/mol. The third-order valence-electron chi connectivity index (χ3n) is 4.13. The van der Waals surface area contributed by atoms with Crippen molar-refractivity contribution in [3.63, 3.8) is 0 Å². The van der Waals surface area contributed by atoms with Crippen molar-refractivity contribution >= 4 is 39.0 Å². The van der Waals surface area contributed by atoms with Gasteiger partial charge < -0.3 is 10.4 Å². The van der Waals surface area contributed by atoms with Gasteiger partial charge in [0.05, 0.1) is 11.0 Å². The first kappa shape index (κ1) is 15.0. The second-order valence-electron chi connectivity index (χ2n) is 5.76. The first-order valence-corrected chi connectivity index (χ1v) is 8.71. The summed E-state index contributed by atoms with van der Waals surface area (Å²) in [6, 6.07) is 2.11. The molecule has 21 heavy (non-hydrogen) atoms.